The fraction of sp³-hybridized carbons (Fsp3) is 0.594. The van der Waals surface area contributed by atoms with Crippen LogP contribution in [0.3, 0.4) is 0 Å². The van der Waals surface area contributed by atoms with E-state index < -0.39 is 29.1 Å². The Morgan fingerprint density at radius 2 is 1.83 bits per heavy atom. The molecule has 3 fully saturated rings. The molecule has 3 heterocycles. The predicted octanol–water partition coefficient (Wildman–Crippen LogP) is 4.46. The molecule has 3 aliphatic heterocycles. The number of hydrogen-bond acceptors (Lipinski definition) is 5. The summed E-state index contributed by atoms with van der Waals surface area (Å²) in [5.74, 6) is -2.08. The molecule has 1 N–H and O–H groups in total. The zero-order valence-corrected chi connectivity index (χ0v) is 25.3. The van der Waals surface area contributed by atoms with Crippen LogP contribution in [0.5, 0.6) is 0 Å². The van der Waals surface area contributed by atoms with Crippen molar-refractivity contribution in [3.8, 4) is 0 Å². The van der Waals surface area contributed by atoms with Crippen molar-refractivity contribution in [3.05, 3.63) is 54.6 Å². The fourth-order valence-electron chi connectivity index (χ4n) is 7.34. The predicted molar refractivity (Wildman–Crippen MR) is 160 cm³/mol. The Hall–Kier alpha value is -2.68. The van der Waals surface area contributed by atoms with Crippen LogP contribution in [0.1, 0.15) is 52.9 Å². The summed E-state index contributed by atoms with van der Waals surface area (Å²) in [6.07, 6.45) is 6.61. The molecule has 3 unspecified atom stereocenters. The molecule has 2 bridgehead atoms. The molecule has 9 heteroatoms. The van der Waals surface area contributed by atoms with E-state index in [1.165, 1.54) is 0 Å². The molecule has 3 aliphatic rings. The van der Waals surface area contributed by atoms with Crippen LogP contribution in [0.2, 0.25) is 5.02 Å². The number of carbonyl (C=O) groups excluding carboxylic acids is 3. The van der Waals surface area contributed by atoms with Crippen LogP contribution in [-0.4, -0.2) is 82.7 Å². The van der Waals surface area contributed by atoms with E-state index in [9.17, 15) is 19.5 Å². The fourth-order valence-corrected chi connectivity index (χ4v) is 7.47. The molecule has 8 nitrogen and oxygen atoms in total. The number of carbonyl (C=O) groups is 3. The molecule has 0 aliphatic carbocycles. The van der Waals surface area contributed by atoms with Gasteiger partial charge in [0.25, 0.3) is 5.91 Å². The second kappa shape index (κ2) is 12.7. The van der Waals surface area contributed by atoms with Crippen molar-refractivity contribution >= 4 is 35.0 Å². The second-order valence-corrected chi connectivity index (χ2v) is 12.2. The summed E-state index contributed by atoms with van der Waals surface area (Å²) >= 11 is 6.14. The number of likely N-dealkylation sites (tertiary alicyclic amines) is 1. The Bertz CT molecular complexity index is 1160. The molecule has 3 amide bonds. The van der Waals surface area contributed by atoms with E-state index in [0.717, 1.165) is 6.42 Å². The summed E-state index contributed by atoms with van der Waals surface area (Å²) in [6.45, 7) is 15.3. The van der Waals surface area contributed by atoms with Gasteiger partial charge in [-0.05, 0) is 69.2 Å². The van der Waals surface area contributed by atoms with Gasteiger partial charge in [-0.25, -0.2) is 0 Å². The first-order valence-corrected chi connectivity index (χ1v) is 15.2. The summed E-state index contributed by atoms with van der Waals surface area (Å²) in [7, 11) is 0. The first kappa shape index (κ1) is 31.3. The normalized spacial score (nSPS) is 29.9. The first-order valence-electron chi connectivity index (χ1n) is 14.8. The van der Waals surface area contributed by atoms with Crippen molar-refractivity contribution in [2.75, 3.05) is 37.7 Å². The lowest BCUT2D eigenvalue weighted by molar-refractivity contribution is -0.151. The molecule has 0 radical (unpaired) electrons. The van der Waals surface area contributed by atoms with Crippen LogP contribution in [-0.2, 0) is 19.1 Å². The van der Waals surface area contributed by atoms with Gasteiger partial charge in [-0.2, -0.15) is 0 Å². The molecule has 1 aromatic rings. The third-order valence-corrected chi connectivity index (χ3v) is 9.49. The quantitative estimate of drug-likeness (QED) is 0.257. The van der Waals surface area contributed by atoms with Crippen LogP contribution >= 0.6 is 11.6 Å². The Morgan fingerprint density at radius 3 is 2.44 bits per heavy atom. The van der Waals surface area contributed by atoms with Gasteiger partial charge in [0.05, 0.1) is 17.4 Å². The van der Waals surface area contributed by atoms with E-state index in [-0.39, 0.29) is 36.8 Å². The molecule has 224 valence electrons. The Kier molecular flexibility index (Phi) is 9.66. The number of nitrogens with zero attached hydrogens (tertiary/aromatic N) is 3. The van der Waals surface area contributed by atoms with E-state index >= 15 is 0 Å². The first-order chi connectivity index (χ1) is 19.6. The highest BCUT2D eigenvalue weighted by atomic mass is 35.5. The Labute approximate surface area is 248 Å². The van der Waals surface area contributed by atoms with Crippen molar-refractivity contribution in [1.29, 1.82) is 0 Å². The molecule has 6 atom stereocenters. The number of benzene rings is 1. The highest BCUT2D eigenvalue weighted by molar-refractivity contribution is 6.30. The molecular formula is C32H44ClN3O5. The van der Waals surface area contributed by atoms with Crippen LogP contribution in [0.4, 0.5) is 5.69 Å². The number of fused-ring (bicyclic) bond motifs is 1. The van der Waals surface area contributed by atoms with Crippen LogP contribution in [0, 0.1) is 17.8 Å². The van der Waals surface area contributed by atoms with Gasteiger partial charge in [0.2, 0.25) is 11.8 Å². The average molecular weight is 586 g/mol. The minimum Gasteiger partial charge on any atom is -0.396 e. The number of ether oxygens (including phenoxy) is 1. The SMILES string of the molecule is C=CCN(CCC)C(=O)[C@H]1[C@H]2C(=O)N(CCCCCO)C(C(=O)N(CC=C)c3ccc(Cl)cc3)C23CC(C)[C@]1(C)O3. The third kappa shape index (κ3) is 5.35. The Morgan fingerprint density at radius 1 is 1.15 bits per heavy atom. The number of aliphatic hydroxyl groups excluding tert-OH is 1. The number of halogens is 1. The summed E-state index contributed by atoms with van der Waals surface area (Å²) in [5, 5.41) is 9.86. The third-order valence-electron chi connectivity index (χ3n) is 9.24. The molecule has 41 heavy (non-hydrogen) atoms. The molecule has 4 rings (SSSR count). The van der Waals surface area contributed by atoms with Crippen molar-refractivity contribution in [2.24, 2.45) is 17.8 Å². The molecule has 1 aromatic carbocycles. The second-order valence-electron chi connectivity index (χ2n) is 11.8. The average Bonchev–Trinajstić information content (AvgIpc) is 3.46. The smallest absolute Gasteiger partial charge is 0.253 e. The van der Waals surface area contributed by atoms with Crippen molar-refractivity contribution in [1.82, 2.24) is 9.80 Å². The number of hydrogen-bond donors (Lipinski definition) is 1. The molecule has 0 aromatic heterocycles. The lowest BCUT2D eigenvalue weighted by atomic mass is 9.62. The maximum Gasteiger partial charge on any atom is 0.253 e. The van der Waals surface area contributed by atoms with Gasteiger partial charge in [0, 0.05) is 43.5 Å². The zero-order chi connectivity index (χ0) is 29.9. The van der Waals surface area contributed by atoms with E-state index in [1.807, 2.05) is 13.8 Å². The molecular weight excluding hydrogens is 542 g/mol. The number of anilines is 1. The standard InChI is InChI=1S/C32H44ClN3O5/c1-6-16-34(17-7-2)28(38)25-26-29(39)36(19-10-9-11-20-37)27(32(26)21-22(4)31(25,5)41-32)30(40)35(18-8-3)24-14-12-23(33)13-15-24/h6,8,12-15,22,25-27,37H,1,3,7,9-11,16-21H2,2,4-5H3/t22?,25-,26+,27?,31+,32?/m1/s1. The number of amides is 3. The van der Waals surface area contributed by atoms with E-state index in [1.54, 1.807) is 51.1 Å². The summed E-state index contributed by atoms with van der Waals surface area (Å²) in [6, 6.07) is 6.12. The van der Waals surface area contributed by atoms with Crippen molar-refractivity contribution < 1.29 is 24.2 Å². The van der Waals surface area contributed by atoms with Gasteiger partial charge in [0.1, 0.15) is 11.6 Å². The molecule has 3 saturated heterocycles. The largest absolute Gasteiger partial charge is 0.396 e. The minimum atomic E-state index is -1.13. The summed E-state index contributed by atoms with van der Waals surface area (Å²) in [4.78, 5) is 48.3. The van der Waals surface area contributed by atoms with Crippen molar-refractivity contribution in [2.45, 2.75) is 70.1 Å². The van der Waals surface area contributed by atoms with Gasteiger partial charge >= 0.3 is 0 Å². The zero-order valence-electron chi connectivity index (χ0n) is 24.6. The Balaban J connectivity index is 1.80. The topological polar surface area (TPSA) is 90.4 Å². The minimum absolute atomic E-state index is 0.0410. The highest BCUT2D eigenvalue weighted by Gasteiger charge is 2.80. The number of aliphatic hydroxyl groups is 1. The molecule has 0 saturated carbocycles. The van der Waals surface area contributed by atoms with Gasteiger partial charge in [-0.3, -0.25) is 14.4 Å². The maximum absolute atomic E-state index is 14.6. The van der Waals surface area contributed by atoms with Crippen LogP contribution in [0.15, 0.2) is 49.6 Å². The molecule has 1 spiro atoms. The van der Waals surface area contributed by atoms with E-state index in [2.05, 4.69) is 20.1 Å². The van der Waals surface area contributed by atoms with Crippen LogP contribution < -0.4 is 4.90 Å². The number of unbranched alkanes of at least 4 members (excludes halogenated alkanes) is 2. The van der Waals surface area contributed by atoms with Gasteiger partial charge in [-0.1, -0.05) is 37.6 Å². The summed E-state index contributed by atoms with van der Waals surface area (Å²) in [5.41, 5.74) is -1.36. The lowest BCUT2D eigenvalue weighted by Crippen LogP contribution is -2.57. The van der Waals surface area contributed by atoms with Gasteiger partial charge in [0.15, 0.2) is 0 Å². The van der Waals surface area contributed by atoms with E-state index in [0.29, 0.717) is 56.0 Å². The summed E-state index contributed by atoms with van der Waals surface area (Å²) < 4.78 is 6.90. The monoisotopic (exact) mass is 585 g/mol. The maximum atomic E-state index is 14.6. The van der Waals surface area contributed by atoms with Gasteiger partial charge in [-0.15, -0.1) is 13.2 Å². The lowest BCUT2D eigenvalue weighted by Gasteiger charge is -2.39. The number of rotatable bonds is 14. The highest BCUT2D eigenvalue weighted by Crippen LogP contribution is 2.65. The van der Waals surface area contributed by atoms with Gasteiger partial charge < -0.3 is 24.5 Å². The van der Waals surface area contributed by atoms with E-state index in [4.69, 9.17) is 16.3 Å². The van der Waals surface area contributed by atoms with Crippen molar-refractivity contribution in [3.63, 3.8) is 0 Å². The van der Waals surface area contributed by atoms with Crippen LogP contribution in [0.25, 0.3) is 0 Å².